The van der Waals surface area contributed by atoms with Crippen LogP contribution in [0.25, 0.3) is 0 Å². The molecule has 0 aliphatic rings. The van der Waals surface area contributed by atoms with Crippen molar-refractivity contribution in [1.29, 1.82) is 0 Å². The summed E-state index contributed by atoms with van der Waals surface area (Å²) in [7, 11) is 1.65. The van der Waals surface area contributed by atoms with Crippen LogP contribution in [-0.4, -0.2) is 12.9 Å². The Morgan fingerprint density at radius 2 is 1.70 bits per heavy atom. The SMILES string of the molecule is COc1cccc(CCC(=O)c2c(C)cccc2C)c1. The van der Waals surface area contributed by atoms with Crippen molar-refractivity contribution in [3.8, 4) is 5.75 Å². The van der Waals surface area contributed by atoms with Crippen LogP contribution in [0.4, 0.5) is 0 Å². The van der Waals surface area contributed by atoms with Crippen LogP contribution in [0, 0.1) is 13.8 Å². The van der Waals surface area contributed by atoms with E-state index < -0.39 is 0 Å². The van der Waals surface area contributed by atoms with Crippen LogP contribution in [-0.2, 0) is 6.42 Å². The lowest BCUT2D eigenvalue weighted by Crippen LogP contribution is -2.06. The third-order valence-electron chi connectivity index (χ3n) is 3.53. The maximum atomic E-state index is 12.4. The van der Waals surface area contributed by atoms with E-state index in [1.807, 2.05) is 56.3 Å². The maximum Gasteiger partial charge on any atom is 0.163 e. The Kier molecular flexibility index (Phi) is 4.57. The minimum atomic E-state index is 0.211. The van der Waals surface area contributed by atoms with Gasteiger partial charge in [0.2, 0.25) is 0 Å². The molecule has 2 rings (SSSR count). The minimum absolute atomic E-state index is 0.211. The molecule has 0 amide bonds. The first-order valence-corrected chi connectivity index (χ1v) is 6.84. The summed E-state index contributed by atoms with van der Waals surface area (Å²) in [6.07, 6.45) is 1.27. The number of aryl methyl sites for hydroxylation is 3. The van der Waals surface area contributed by atoms with Gasteiger partial charge in [-0.25, -0.2) is 0 Å². The van der Waals surface area contributed by atoms with Crippen LogP contribution in [0.2, 0.25) is 0 Å². The molecule has 0 saturated heterocycles. The number of hydrogen-bond acceptors (Lipinski definition) is 2. The molecule has 2 aromatic carbocycles. The lowest BCUT2D eigenvalue weighted by molar-refractivity contribution is 0.0981. The van der Waals surface area contributed by atoms with Gasteiger partial charge in [-0.3, -0.25) is 4.79 Å². The lowest BCUT2D eigenvalue weighted by atomic mass is 9.95. The predicted molar refractivity (Wildman–Crippen MR) is 81.6 cm³/mol. The Morgan fingerprint density at radius 3 is 2.35 bits per heavy atom. The van der Waals surface area contributed by atoms with E-state index in [4.69, 9.17) is 4.74 Å². The Hall–Kier alpha value is -2.09. The normalized spacial score (nSPS) is 10.3. The Labute approximate surface area is 120 Å². The molecular weight excluding hydrogens is 248 g/mol. The number of rotatable bonds is 5. The zero-order chi connectivity index (χ0) is 14.5. The molecule has 20 heavy (non-hydrogen) atoms. The van der Waals surface area contributed by atoms with Crippen LogP contribution in [0.3, 0.4) is 0 Å². The third kappa shape index (κ3) is 3.27. The molecule has 0 aromatic heterocycles. The number of Topliss-reactive ketones (excluding diaryl/α,β-unsaturated/α-hetero) is 1. The molecule has 0 spiro atoms. The second kappa shape index (κ2) is 6.38. The van der Waals surface area contributed by atoms with Gasteiger partial charge >= 0.3 is 0 Å². The molecule has 0 radical (unpaired) electrons. The first-order valence-electron chi connectivity index (χ1n) is 6.84. The molecule has 0 N–H and O–H groups in total. The smallest absolute Gasteiger partial charge is 0.163 e. The fourth-order valence-electron chi connectivity index (χ4n) is 2.47. The summed E-state index contributed by atoms with van der Waals surface area (Å²) >= 11 is 0. The van der Waals surface area contributed by atoms with Gasteiger partial charge in [-0.05, 0) is 49.1 Å². The molecule has 0 bridgehead atoms. The van der Waals surface area contributed by atoms with E-state index in [0.717, 1.165) is 34.4 Å². The summed E-state index contributed by atoms with van der Waals surface area (Å²) < 4.78 is 5.20. The molecule has 0 fully saturated rings. The van der Waals surface area contributed by atoms with Crippen molar-refractivity contribution < 1.29 is 9.53 Å². The topological polar surface area (TPSA) is 26.3 Å². The zero-order valence-corrected chi connectivity index (χ0v) is 12.3. The van der Waals surface area contributed by atoms with E-state index >= 15 is 0 Å². The number of ether oxygens (including phenoxy) is 1. The number of carbonyl (C=O) groups is 1. The molecule has 0 unspecified atom stereocenters. The van der Waals surface area contributed by atoms with Crippen LogP contribution in [0.15, 0.2) is 42.5 Å². The van der Waals surface area contributed by atoms with E-state index in [0.29, 0.717) is 6.42 Å². The monoisotopic (exact) mass is 268 g/mol. The van der Waals surface area contributed by atoms with Gasteiger partial charge < -0.3 is 4.74 Å². The zero-order valence-electron chi connectivity index (χ0n) is 12.3. The lowest BCUT2D eigenvalue weighted by Gasteiger charge is -2.09. The molecule has 0 saturated carbocycles. The summed E-state index contributed by atoms with van der Waals surface area (Å²) in [5.74, 6) is 1.05. The van der Waals surface area contributed by atoms with E-state index in [9.17, 15) is 4.79 Å². The average molecular weight is 268 g/mol. The average Bonchev–Trinajstić information content (AvgIpc) is 2.45. The van der Waals surface area contributed by atoms with E-state index in [1.54, 1.807) is 7.11 Å². The van der Waals surface area contributed by atoms with Gasteiger partial charge in [0.1, 0.15) is 5.75 Å². The Morgan fingerprint density at radius 1 is 1.05 bits per heavy atom. The van der Waals surface area contributed by atoms with Crippen molar-refractivity contribution in [1.82, 2.24) is 0 Å². The number of ketones is 1. The van der Waals surface area contributed by atoms with Gasteiger partial charge in [-0.2, -0.15) is 0 Å². The Balaban J connectivity index is 2.09. The van der Waals surface area contributed by atoms with Gasteiger partial charge in [0.05, 0.1) is 7.11 Å². The van der Waals surface area contributed by atoms with E-state index in [1.165, 1.54) is 0 Å². The summed E-state index contributed by atoms with van der Waals surface area (Å²) in [4.78, 5) is 12.4. The molecule has 2 nitrogen and oxygen atoms in total. The summed E-state index contributed by atoms with van der Waals surface area (Å²) in [6, 6.07) is 13.9. The first-order chi connectivity index (χ1) is 9.61. The van der Waals surface area contributed by atoms with E-state index in [-0.39, 0.29) is 5.78 Å². The molecule has 0 heterocycles. The quantitative estimate of drug-likeness (QED) is 0.762. The minimum Gasteiger partial charge on any atom is -0.497 e. The van der Waals surface area contributed by atoms with Crippen molar-refractivity contribution in [3.63, 3.8) is 0 Å². The van der Waals surface area contributed by atoms with Crippen molar-refractivity contribution >= 4 is 5.78 Å². The van der Waals surface area contributed by atoms with Crippen molar-refractivity contribution in [2.24, 2.45) is 0 Å². The molecule has 2 heteroatoms. The fraction of sp³-hybridized carbons (Fsp3) is 0.278. The fourth-order valence-corrected chi connectivity index (χ4v) is 2.47. The van der Waals surface area contributed by atoms with Crippen LogP contribution < -0.4 is 4.74 Å². The highest BCUT2D eigenvalue weighted by atomic mass is 16.5. The Bertz CT molecular complexity index is 594. The second-order valence-corrected chi connectivity index (χ2v) is 5.04. The molecule has 0 atom stereocenters. The summed E-state index contributed by atoms with van der Waals surface area (Å²) in [5, 5.41) is 0. The molecule has 0 aliphatic carbocycles. The molecule has 2 aromatic rings. The van der Waals surface area contributed by atoms with Crippen LogP contribution in [0.5, 0.6) is 5.75 Å². The van der Waals surface area contributed by atoms with Crippen LogP contribution >= 0.6 is 0 Å². The van der Waals surface area contributed by atoms with Crippen LogP contribution in [0.1, 0.15) is 33.5 Å². The maximum absolute atomic E-state index is 12.4. The highest BCUT2D eigenvalue weighted by Crippen LogP contribution is 2.18. The summed E-state index contributed by atoms with van der Waals surface area (Å²) in [5.41, 5.74) is 4.11. The highest BCUT2D eigenvalue weighted by molar-refractivity contribution is 5.98. The number of hydrogen-bond donors (Lipinski definition) is 0. The van der Waals surface area contributed by atoms with Gasteiger partial charge in [-0.15, -0.1) is 0 Å². The molecule has 0 aliphatic heterocycles. The van der Waals surface area contributed by atoms with Crippen molar-refractivity contribution in [2.75, 3.05) is 7.11 Å². The third-order valence-corrected chi connectivity index (χ3v) is 3.53. The summed E-state index contributed by atoms with van der Waals surface area (Å²) in [6.45, 7) is 3.98. The number of methoxy groups -OCH3 is 1. The first kappa shape index (κ1) is 14.3. The second-order valence-electron chi connectivity index (χ2n) is 5.04. The molecular formula is C18H20O2. The van der Waals surface area contributed by atoms with Gasteiger partial charge in [0, 0.05) is 12.0 Å². The largest absolute Gasteiger partial charge is 0.497 e. The van der Waals surface area contributed by atoms with Crippen molar-refractivity contribution in [3.05, 3.63) is 64.7 Å². The van der Waals surface area contributed by atoms with E-state index in [2.05, 4.69) is 0 Å². The van der Waals surface area contributed by atoms with Gasteiger partial charge in [-0.1, -0.05) is 30.3 Å². The van der Waals surface area contributed by atoms with Crippen molar-refractivity contribution in [2.45, 2.75) is 26.7 Å². The van der Waals surface area contributed by atoms with Gasteiger partial charge in [0.15, 0.2) is 5.78 Å². The molecule has 104 valence electrons. The predicted octanol–water partition coefficient (Wildman–Crippen LogP) is 4.13. The van der Waals surface area contributed by atoms with Gasteiger partial charge in [0.25, 0.3) is 0 Å². The number of carbonyl (C=O) groups excluding carboxylic acids is 1. The standard InChI is InChI=1S/C18H20O2/c1-13-6-4-7-14(2)18(13)17(19)11-10-15-8-5-9-16(12-15)20-3/h4-9,12H,10-11H2,1-3H3. The number of benzene rings is 2. The highest BCUT2D eigenvalue weighted by Gasteiger charge is 2.11.